The lowest BCUT2D eigenvalue weighted by atomic mass is 10.0. The normalized spacial score (nSPS) is 11.7. The molecular formula is C21H25N3O4S2. The predicted octanol–water partition coefficient (Wildman–Crippen LogP) is 3.51. The predicted molar refractivity (Wildman–Crippen MR) is 116 cm³/mol. The molecule has 9 heteroatoms. The van der Waals surface area contributed by atoms with Crippen molar-refractivity contribution in [2.24, 2.45) is 0 Å². The molecule has 0 saturated heterocycles. The zero-order chi connectivity index (χ0) is 21.9. The Hall–Kier alpha value is -2.39. The van der Waals surface area contributed by atoms with Crippen molar-refractivity contribution in [3.8, 4) is 0 Å². The molecule has 0 radical (unpaired) electrons. The molecule has 0 aliphatic rings. The number of esters is 1. The molecule has 0 aliphatic heterocycles. The van der Waals surface area contributed by atoms with E-state index in [-0.39, 0.29) is 22.2 Å². The van der Waals surface area contributed by atoms with Crippen LogP contribution in [0.3, 0.4) is 0 Å². The number of rotatable bonds is 8. The lowest BCUT2D eigenvalue weighted by Crippen LogP contribution is -2.16. The van der Waals surface area contributed by atoms with Crippen LogP contribution in [0.5, 0.6) is 0 Å². The maximum atomic E-state index is 13.5. The summed E-state index contributed by atoms with van der Waals surface area (Å²) in [6.45, 7) is 5.95. The van der Waals surface area contributed by atoms with Gasteiger partial charge in [-0.25, -0.2) is 17.9 Å². The first-order valence-corrected chi connectivity index (χ1v) is 12.5. The minimum atomic E-state index is -3.82. The summed E-state index contributed by atoms with van der Waals surface area (Å²) in [5, 5.41) is 4.95. The molecule has 0 bridgehead atoms. The number of ether oxygens (including phenoxy) is 1. The van der Waals surface area contributed by atoms with Crippen molar-refractivity contribution in [1.82, 2.24) is 14.6 Å². The average Bonchev–Trinajstić information content (AvgIpc) is 3.13. The summed E-state index contributed by atoms with van der Waals surface area (Å²) < 4.78 is 33.6. The summed E-state index contributed by atoms with van der Waals surface area (Å²) in [5.74, 6) is -0.336. The van der Waals surface area contributed by atoms with E-state index in [1.54, 1.807) is 48.0 Å². The highest BCUT2D eigenvalue weighted by atomic mass is 32.2. The number of benzene rings is 1. The van der Waals surface area contributed by atoms with Gasteiger partial charge in [-0.1, -0.05) is 32.0 Å². The highest BCUT2D eigenvalue weighted by Gasteiger charge is 2.30. The van der Waals surface area contributed by atoms with E-state index in [0.29, 0.717) is 35.8 Å². The molecule has 0 spiro atoms. The van der Waals surface area contributed by atoms with Crippen molar-refractivity contribution in [3.05, 3.63) is 47.3 Å². The second-order valence-corrected chi connectivity index (χ2v) is 9.24. The molecule has 0 saturated carbocycles. The molecule has 3 rings (SSSR count). The third-order valence-electron chi connectivity index (χ3n) is 4.79. The van der Waals surface area contributed by atoms with Gasteiger partial charge in [-0.15, -0.1) is 11.8 Å². The van der Waals surface area contributed by atoms with Crippen LogP contribution in [0.1, 0.15) is 37.7 Å². The van der Waals surface area contributed by atoms with E-state index in [4.69, 9.17) is 4.74 Å². The number of hydrogen-bond donors (Lipinski definition) is 0. The summed E-state index contributed by atoms with van der Waals surface area (Å²) in [6.07, 6.45) is 3.00. The van der Waals surface area contributed by atoms with Gasteiger partial charge in [0, 0.05) is 17.0 Å². The minimum absolute atomic E-state index is 0.0817. The Bertz CT molecular complexity index is 1170. The lowest BCUT2D eigenvalue weighted by Gasteiger charge is -2.14. The Morgan fingerprint density at radius 1 is 1.13 bits per heavy atom. The molecule has 2 aromatic heterocycles. The molecule has 2 heterocycles. The molecule has 0 amide bonds. The third kappa shape index (κ3) is 3.96. The summed E-state index contributed by atoms with van der Waals surface area (Å²) in [5.41, 5.74) is 2.51. The van der Waals surface area contributed by atoms with Gasteiger partial charge in [-0.2, -0.15) is 5.10 Å². The van der Waals surface area contributed by atoms with Gasteiger partial charge in [0.25, 0.3) is 0 Å². The zero-order valence-corrected chi connectivity index (χ0v) is 19.1. The molecule has 0 N–H and O–H groups in total. The molecule has 160 valence electrons. The van der Waals surface area contributed by atoms with E-state index in [1.165, 1.54) is 11.8 Å². The Morgan fingerprint density at radius 3 is 2.40 bits per heavy atom. The Kier molecular flexibility index (Phi) is 6.82. The van der Waals surface area contributed by atoms with Crippen LogP contribution < -0.4 is 0 Å². The number of carbonyl (C=O) groups excluding carboxylic acids is 1. The number of aromatic nitrogens is 3. The lowest BCUT2D eigenvalue weighted by molar-refractivity contribution is -0.142. The van der Waals surface area contributed by atoms with Gasteiger partial charge in [-0.3, -0.25) is 4.79 Å². The maximum absolute atomic E-state index is 13.5. The number of aryl methyl sites for hydroxylation is 2. The number of thioether (sulfide) groups is 1. The van der Waals surface area contributed by atoms with Gasteiger partial charge < -0.3 is 4.74 Å². The summed E-state index contributed by atoms with van der Waals surface area (Å²) in [6, 6.07) is 8.29. The zero-order valence-electron chi connectivity index (χ0n) is 17.5. The summed E-state index contributed by atoms with van der Waals surface area (Å²) >= 11 is 1.26. The number of carbonyl (C=O) groups is 1. The van der Waals surface area contributed by atoms with E-state index in [0.717, 1.165) is 11.3 Å². The highest BCUT2D eigenvalue weighted by molar-refractivity contribution is 7.99. The number of fused-ring (bicyclic) bond motifs is 1. The van der Waals surface area contributed by atoms with Gasteiger partial charge in [-0.05, 0) is 38.2 Å². The molecular weight excluding hydrogens is 422 g/mol. The van der Waals surface area contributed by atoms with Crippen LogP contribution in [0, 0.1) is 0 Å². The van der Waals surface area contributed by atoms with Gasteiger partial charge >= 0.3 is 5.97 Å². The standard InChI is InChI=1S/C21H25N3O4S2/c1-5-16-15(13-18(25)28-7-3)17(6-2)24-20(22-16)19(21(23-24)29-4)30(26,27)14-11-9-8-10-12-14/h8-12H,5-7,13H2,1-4H3. The smallest absolute Gasteiger partial charge is 0.310 e. The van der Waals surface area contributed by atoms with Gasteiger partial charge in [0.2, 0.25) is 9.84 Å². The van der Waals surface area contributed by atoms with Crippen LogP contribution in [-0.4, -0.2) is 41.8 Å². The van der Waals surface area contributed by atoms with Crippen molar-refractivity contribution in [2.75, 3.05) is 12.9 Å². The van der Waals surface area contributed by atoms with Gasteiger partial charge in [0.05, 0.1) is 17.9 Å². The van der Waals surface area contributed by atoms with Crippen LogP contribution in [-0.2, 0) is 38.6 Å². The molecule has 7 nitrogen and oxygen atoms in total. The average molecular weight is 448 g/mol. The fraction of sp³-hybridized carbons (Fsp3) is 0.381. The first kappa shape index (κ1) is 22.3. The van der Waals surface area contributed by atoms with Crippen molar-refractivity contribution in [1.29, 1.82) is 0 Å². The first-order valence-electron chi connectivity index (χ1n) is 9.82. The third-order valence-corrected chi connectivity index (χ3v) is 7.40. The van der Waals surface area contributed by atoms with Crippen molar-refractivity contribution in [2.45, 2.75) is 54.9 Å². The Labute approximate surface area is 180 Å². The maximum Gasteiger partial charge on any atom is 0.310 e. The molecule has 30 heavy (non-hydrogen) atoms. The monoisotopic (exact) mass is 447 g/mol. The fourth-order valence-corrected chi connectivity index (χ4v) is 5.87. The van der Waals surface area contributed by atoms with Crippen LogP contribution in [0.4, 0.5) is 0 Å². The molecule has 0 atom stereocenters. The topological polar surface area (TPSA) is 90.6 Å². The van der Waals surface area contributed by atoms with Crippen molar-refractivity contribution in [3.63, 3.8) is 0 Å². The number of nitrogens with zero attached hydrogens (tertiary/aromatic N) is 3. The number of sulfone groups is 1. The quantitative estimate of drug-likeness (QED) is 0.385. The van der Waals surface area contributed by atoms with E-state index >= 15 is 0 Å². The number of hydrogen-bond acceptors (Lipinski definition) is 7. The fourth-order valence-electron chi connectivity index (χ4n) is 3.45. The molecule has 0 fully saturated rings. The van der Waals surface area contributed by atoms with Crippen LogP contribution in [0.25, 0.3) is 5.65 Å². The second kappa shape index (κ2) is 9.18. The minimum Gasteiger partial charge on any atom is -0.466 e. The summed E-state index contributed by atoms with van der Waals surface area (Å²) in [7, 11) is -3.82. The van der Waals surface area contributed by atoms with Crippen molar-refractivity contribution >= 4 is 33.2 Å². The molecule has 1 aromatic carbocycles. The molecule has 0 aliphatic carbocycles. The Balaban J connectivity index is 2.32. The van der Waals surface area contributed by atoms with Crippen LogP contribution in [0.2, 0.25) is 0 Å². The first-order chi connectivity index (χ1) is 14.4. The Morgan fingerprint density at radius 2 is 1.83 bits per heavy atom. The van der Waals surface area contributed by atoms with Gasteiger partial charge in [0.1, 0.15) is 5.03 Å². The molecule has 0 unspecified atom stereocenters. The molecule has 3 aromatic rings. The highest BCUT2D eigenvalue weighted by Crippen LogP contribution is 2.34. The van der Waals surface area contributed by atoms with Crippen LogP contribution >= 0.6 is 11.8 Å². The second-order valence-electron chi connectivity index (χ2n) is 6.56. The van der Waals surface area contributed by atoms with E-state index in [2.05, 4.69) is 10.1 Å². The van der Waals surface area contributed by atoms with Gasteiger partial charge in [0.15, 0.2) is 10.5 Å². The van der Waals surface area contributed by atoms with Crippen molar-refractivity contribution < 1.29 is 17.9 Å². The van der Waals surface area contributed by atoms with E-state index in [9.17, 15) is 13.2 Å². The SMILES string of the molecule is CCOC(=O)Cc1c(CC)nc2c(S(=O)(=O)c3ccccc3)c(SC)nn2c1CC. The summed E-state index contributed by atoms with van der Waals surface area (Å²) in [4.78, 5) is 17.2. The largest absolute Gasteiger partial charge is 0.466 e. The van der Waals surface area contributed by atoms with E-state index in [1.807, 2.05) is 13.8 Å². The van der Waals surface area contributed by atoms with Crippen LogP contribution in [0.15, 0.2) is 45.1 Å². The van der Waals surface area contributed by atoms with E-state index < -0.39 is 9.84 Å².